The van der Waals surface area contributed by atoms with Crippen LogP contribution < -0.4 is 10.6 Å². The molecule has 0 fully saturated rings. The lowest BCUT2D eigenvalue weighted by Crippen LogP contribution is -2.56. The van der Waals surface area contributed by atoms with Crippen molar-refractivity contribution in [1.82, 2.24) is 10.2 Å². The lowest BCUT2D eigenvalue weighted by atomic mass is 9.95. The number of benzene rings is 2. The van der Waals surface area contributed by atoms with Crippen molar-refractivity contribution in [3.05, 3.63) is 58.1 Å². The number of anilines is 1. The Labute approximate surface area is 230 Å². The first-order chi connectivity index (χ1) is 17.5. The molecule has 8 nitrogen and oxygen atoms in total. The number of carbonyl (C=O) groups excluding carboxylic acids is 3. The minimum Gasteiger partial charge on any atom is -0.507 e. The number of rotatable bonds is 8. The van der Waals surface area contributed by atoms with Gasteiger partial charge in [0.15, 0.2) is 0 Å². The molecule has 0 aliphatic heterocycles. The highest BCUT2D eigenvalue weighted by atomic mass is 35.5. The topological polar surface area (TPSA) is 108 Å². The molecule has 0 radical (unpaired) electrons. The van der Waals surface area contributed by atoms with E-state index in [0.717, 1.165) is 5.56 Å². The van der Waals surface area contributed by atoms with Crippen LogP contribution >= 0.6 is 11.6 Å². The average Bonchev–Trinajstić information content (AvgIpc) is 2.78. The fourth-order valence-electron chi connectivity index (χ4n) is 4.09. The van der Waals surface area contributed by atoms with Gasteiger partial charge in [0.25, 0.3) is 5.91 Å². The summed E-state index contributed by atoms with van der Waals surface area (Å²) in [5, 5.41) is 16.9. The summed E-state index contributed by atoms with van der Waals surface area (Å²) < 4.78 is 5.39. The maximum atomic E-state index is 14.1. The molecule has 2 rings (SSSR count). The lowest BCUT2D eigenvalue weighted by Gasteiger charge is -2.38. The smallest absolute Gasteiger partial charge is 0.408 e. The van der Waals surface area contributed by atoms with E-state index in [1.54, 1.807) is 85.7 Å². The zero-order valence-corrected chi connectivity index (χ0v) is 24.4. The highest BCUT2D eigenvalue weighted by Gasteiger charge is 2.40. The van der Waals surface area contributed by atoms with E-state index < -0.39 is 41.6 Å². The molecule has 0 saturated heterocycles. The molecule has 0 heterocycles. The van der Waals surface area contributed by atoms with E-state index in [4.69, 9.17) is 16.3 Å². The Balaban J connectivity index is 2.62. The molecule has 0 aliphatic carbocycles. The van der Waals surface area contributed by atoms with Crippen LogP contribution in [0.2, 0.25) is 5.02 Å². The minimum atomic E-state index is -1.22. The van der Waals surface area contributed by atoms with Crippen molar-refractivity contribution in [3.8, 4) is 5.75 Å². The van der Waals surface area contributed by atoms with Gasteiger partial charge < -0.3 is 25.4 Å². The Morgan fingerprint density at radius 2 is 1.55 bits per heavy atom. The number of hydrogen-bond acceptors (Lipinski definition) is 5. The number of hydrogen-bond donors (Lipinski definition) is 3. The van der Waals surface area contributed by atoms with Gasteiger partial charge in [0.1, 0.15) is 23.4 Å². The summed E-state index contributed by atoms with van der Waals surface area (Å²) in [7, 11) is 0. The number of halogens is 1. The van der Waals surface area contributed by atoms with Crippen LogP contribution in [0.4, 0.5) is 10.5 Å². The van der Waals surface area contributed by atoms with Gasteiger partial charge in [-0.1, -0.05) is 55.8 Å². The maximum absolute atomic E-state index is 14.1. The van der Waals surface area contributed by atoms with Crippen LogP contribution in [-0.2, 0) is 14.3 Å². The molecule has 208 valence electrons. The van der Waals surface area contributed by atoms with Gasteiger partial charge >= 0.3 is 6.09 Å². The molecule has 0 aliphatic rings. The molecule has 0 aromatic heterocycles. The minimum absolute atomic E-state index is 0.0943. The molecular formula is C29H40ClN3O5. The zero-order chi connectivity index (χ0) is 28.9. The number of aryl methyl sites for hydroxylation is 2. The molecule has 2 atom stereocenters. The second kappa shape index (κ2) is 12.5. The van der Waals surface area contributed by atoms with Crippen LogP contribution in [0, 0.1) is 19.8 Å². The summed E-state index contributed by atoms with van der Waals surface area (Å²) in [6, 6.07) is 7.60. The van der Waals surface area contributed by atoms with E-state index in [1.807, 2.05) is 13.0 Å². The van der Waals surface area contributed by atoms with E-state index in [9.17, 15) is 19.5 Å². The van der Waals surface area contributed by atoms with Gasteiger partial charge in [-0.2, -0.15) is 0 Å². The summed E-state index contributed by atoms with van der Waals surface area (Å²) >= 11 is 6.38. The van der Waals surface area contributed by atoms with Crippen molar-refractivity contribution >= 4 is 35.2 Å². The third kappa shape index (κ3) is 7.63. The van der Waals surface area contributed by atoms with Crippen molar-refractivity contribution in [3.63, 3.8) is 0 Å². The summed E-state index contributed by atoms with van der Waals surface area (Å²) in [6.45, 7) is 15.9. The van der Waals surface area contributed by atoms with Crippen LogP contribution in [0.1, 0.15) is 71.2 Å². The number of para-hydroxylation sites is 2. The molecular weight excluding hydrogens is 506 g/mol. The van der Waals surface area contributed by atoms with Gasteiger partial charge in [-0.3, -0.25) is 9.59 Å². The van der Waals surface area contributed by atoms with E-state index in [1.165, 1.54) is 4.90 Å². The lowest BCUT2D eigenvalue weighted by molar-refractivity contribution is -0.143. The number of amides is 3. The Hall–Kier alpha value is -3.26. The van der Waals surface area contributed by atoms with Crippen molar-refractivity contribution < 1.29 is 24.2 Å². The van der Waals surface area contributed by atoms with Gasteiger partial charge in [0.2, 0.25) is 5.91 Å². The number of aromatic hydroxyl groups is 1. The highest BCUT2D eigenvalue weighted by Crippen LogP contribution is 2.35. The molecule has 2 aromatic rings. The normalized spacial score (nSPS) is 13.2. The van der Waals surface area contributed by atoms with Crippen LogP contribution in [-0.4, -0.2) is 45.6 Å². The van der Waals surface area contributed by atoms with Crippen molar-refractivity contribution in [2.75, 3.05) is 5.32 Å². The largest absolute Gasteiger partial charge is 0.507 e. The van der Waals surface area contributed by atoms with Crippen molar-refractivity contribution in [2.24, 2.45) is 5.92 Å². The number of alkyl carbamates (subject to hydrolysis) is 1. The fraction of sp³-hybridized carbons (Fsp3) is 0.483. The van der Waals surface area contributed by atoms with E-state index in [2.05, 4.69) is 10.6 Å². The molecule has 3 amide bonds. The molecule has 9 heteroatoms. The molecule has 38 heavy (non-hydrogen) atoms. The molecule has 2 aromatic carbocycles. The number of carbonyl (C=O) groups is 3. The summed E-state index contributed by atoms with van der Waals surface area (Å²) in [4.78, 5) is 42.1. The summed E-state index contributed by atoms with van der Waals surface area (Å²) in [5.41, 5.74) is 1.22. The highest BCUT2D eigenvalue weighted by molar-refractivity contribution is 6.34. The first-order valence-electron chi connectivity index (χ1n) is 12.7. The molecule has 3 N–H and O–H groups in total. The van der Waals surface area contributed by atoms with Crippen LogP contribution in [0.25, 0.3) is 0 Å². The van der Waals surface area contributed by atoms with Crippen LogP contribution in [0.15, 0.2) is 36.4 Å². The van der Waals surface area contributed by atoms with Crippen LogP contribution in [0.5, 0.6) is 5.75 Å². The Kier molecular flexibility index (Phi) is 10.2. The second-order valence-electron chi connectivity index (χ2n) is 11.0. The first kappa shape index (κ1) is 31.0. The van der Waals surface area contributed by atoms with E-state index in [-0.39, 0.29) is 17.2 Å². The number of phenolic OH excluding ortho intramolecular Hbond substituents is 1. The van der Waals surface area contributed by atoms with E-state index in [0.29, 0.717) is 16.3 Å². The molecule has 0 bridgehead atoms. The van der Waals surface area contributed by atoms with Gasteiger partial charge in [-0.25, -0.2) is 4.79 Å². The number of phenols is 1. The predicted molar refractivity (Wildman–Crippen MR) is 150 cm³/mol. The quantitative estimate of drug-likeness (QED) is 0.370. The maximum Gasteiger partial charge on any atom is 0.408 e. The SMILES string of the molecule is Cc1cccc(C(C(=O)Nc2c(C)cccc2Cl)N(C(=O)C(NC(=O)OC(C)(C)C)C(C)C)C(C)C)c1O. The average molecular weight is 546 g/mol. The number of nitrogens with zero attached hydrogens (tertiary/aromatic N) is 1. The van der Waals surface area contributed by atoms with Gasteiger partial charge in [-0.05, 0) is 71.6 Å². The molecule has 0 saturated carbocycles. The predicted octanol–water partition coefficient (Wildman–Crippen LogP) is 6.13. The van der Waals surface area contributed by atoms with Crippen molar-refractivity contribution in [2.45, 2.75) is 86.0 Å². The first-order valence-corrected chi connectivity index (χ1v) is 13.1. The number of ether oxygens (including phenoxy) is 1. The van der Waals surface area contributed by atoms with Crippen molar-refractivity contribution in [1.29, 1.82) is 0 Å². The van der Waals surface area contributed by atoms with Gasteiger partial charge in [-0.15, -0.1) is 0 Å². The van der Waals surface area contributed by atoms with E-state index >= 15 is 0 Å². The Bertz CT molecular complexity index is 1150. The summed E-state index contributed by atoms with van der Waals surface area (Å²) in [6.07, 6.45) is -0.737. The molecule has 2 unspecified atom stereocenters. The fourth-order valence-corrected chi connectivity index (χ4v) is 4.36. The second-order valence-corrected chi connectivity index (χ2v) is 11.5. The third-order valence-electron chi connectivity index (χ3n) is 5.98. The van der Waals surface area contributed by atoms with Gasteiger partial charge in [0, 0.05) is 11.6 Å². The Morgan fingerprint density at radius 1 is 0.974 bits per heavy atom. The molecule has 0 spiro atoms. The standard InChI is InChI=1S/C29H40ClN3O5/c1-16(2)22(32-28(37)38-29(7,8)9)27(36)33(17(3)4)24(20-14-10-13-19(6)25(20)34)26(35)31-23-18(5)12-11-15-21(23)30/h10-17,22,24,34H,1-9H3,(H,31,35)(H,32,37). The third-order valence-corrected chi connectivity index (χ3v) is 6.29. The van der Waals surface area contributed by atoms with Crippen LogP contribution in [0.3, 0.4) is 0 Å². The number of nitrogens with one attached hydrogen (secondary N) is 2. The van der Waals surface area contributed by atoms with Gasteiger partial charge in [0.05, 0.1) is 10.7 Å². The monoisotopic (exact) mass is 545 g/mol. The summed E-state index contributed by atoms with van der Waals surface area (Å²) in [5.74, 6) is -1.46. The zero-order valence-electron chi connectivity index (χ0n) is 23.7. The Morgan fingerprint density at radius 3 is 2.08 bits per heavy atom.